The Bertz CT molecular complexity index is 1470. The van der Waals surface area contributed by atoms with Gasteiger partial charge in [0.15, 0.2) is 0 Å². The number of nitrogens with zero attached hydrogens (tertiary/aromatic N) is 1. The van der Waals surface area contributed by atoms with Crippen LogP contribution >= 0.6 is 11.6 Å². The van der Waals surface area contributed by atoms with Crippen LogP contribution in [0.5, 0.6) is 0 Å². The highest BCUT2D eigenvalue weighted by atomic mass is 35.5. The van der Waals surface area contributed by atoms with Crippen molar-refractivity contribution in [3.05, 3.63) is 106 Å². The van der Waals surface area contributed by atoms with Crippen LogP contribution in [0.25, 0.3) is 0 Å². The number of carbonyl (C=O) groups excluding carboxylic acids is 3. The number of rotatable bonds is 9. The van der Waals surface area contributed by atoms with Crippen molar-refractivity contribution in [3.63, 3.8) is 0 Å². The second kappa shape index (κ2) is 13.9. The fraction of sp³-hybridized carbons (Fsp3) is 0.344. The molecule has 9 nitrogen and oxygen atoms in total. The molecule has 1 heterocycles. The molecule has 0 spiro atoms. The zero-order valence-electron chi connectivity index (χ0n) is 24.0. The first kappa shape index (κ1) is 31.0. The average Bonchev–Trinajstić information content (AvgIpc) is 3.01. The van der Waals surface area contributed by atoms with Crippen molar-refractivity contribution in [3.8, 4) is 0 Å². The average molecular weight is 624 g/mol. The summed E-state index contributed by atoms with van der Waals surface area (Å²) in [5, 5.41) is 0.537. The maximum absolute atomic E-state index is 14.3. The molecule has 3 aromatic carbocycles. The van der Waals surface area contributed by atoms with E-state index in [0.717, 1.165) is 24.8 Å². The van der Waals surface area contributed by atoms with E-state index in [2.05, 4.69) is 10.2 Å². The van der Waals surface area contributed by atoms with Gasteiger partial charge in [-0.2, -0.15) is 0 Å². The van der Waals surface area contributed by atoms with Gasteiger partial charge in [-0.15, -0.1) is 4.72 Å². The standard InChI is InChI=1S/C32H34ClN3O6S/c1-41-32(39)22-9-7-8-20(18-22)19-42-34-30(37)28-24-10-3-4-11-25(24)31(38)36(29(28)21-14-16-23(33)17-15-21)27-13-6-5-12-26(27)35-43(2)40/h3-4,7-11,14-18,26-29,35H,5-6,12-13,19H2,1-2H3,(H,34,37)/t26-,27-,28-,29+,43?/m1/s1. The monoisotopic (exact) mass is 623 g/mol. The normalized spacial score (nSPS) is 22.4. The second-order valence-corrected chi connectivity index (χ2v) is 12.3. The molecule has 1 fully saturated rings. The summed E-state index contributed by atoms with van der Waals surface area (Å²) in [6, 6.07) is 19.9. The third-order valence-electron chi connectivity index (χ3n) is 8.03. The van der Waals surface area contributed by atoms with Crippen LogP contribution < -0.4 is 10.2 Å². The van der Waals surface area contributed by atoms with Gasteiger partial charge in [0.05, 0.1) is 43.3 Å². The summed E-state index contributed by atoms with van der Waals surface area (Å²) in [6.45, 7) is 0.0101. The van der Waals surface area contributed by atoms with Crippen LogP contribution in [0.1, 0.15) is 75.0 Å². The van der Waals surface area contributed by atoms with Crippen LogP contribution in [-0.2, 0) is 32.3 Å². The number of esters is 1. The minimum absolute atomic E-state index is 0.0101. The van der Waals surface area contributed by atoms with E-state index in [9.17, 15) is 18.9 Å². The van der Waals surface area contributed by atoms with E-state index in [1.807, 2.05) is 18.2 Å². The van der Waals surface area contributed by atoms with Crippen molar-refractivity contribution in [1.82, 2.24) is 15.1 Å². The third-order valence-corrected chi connectivity index (χ3v) is 8.92. The largest absolute Gasteiger partial charge is 0.598 e. The number of fused-ring (bicyclic) bond motifs is 1. The van der Waals surface area contributed by atoms with Crippen LogP contribution in [0, 0.1) is 0 Å². The Morgan fingerprint density at radius 1 is 1.05 bits per heavy atom. The second-order valence-electron chi connectivity index (χ2n) is 10.8. The van der Waals surface area contributed by atoms with Crippen LogP contribution in [0.4, 0.5) is 0 Å². The molecule has 11 heteroatoms. The Labute approximate surface area is 259 Å². The molecule has 2 amide bonds. The molecule has 2 aliphatic rings. The molecule has 1 aliphatic heterocycles. The molecule has 0 bridgehead atoms. The first-order chi connectivity index (χ1) is 20.8. The van der Waals surface area contributed by atoms with Gasteiger partial charge in [0.2, 0.25) is 0 Å². The number of amides is 2. The van der Waals surface area contributed by atoms with Gasteiger partial charge >= 0.3 is 5.97 Å². The van der Waals surface area contributed by atoms with Crippen LogP contribution in [0.3, 0.4) is 0 Å². The van der Waals surface area contributed by atoms with Crippen molar-refractivity contribution in [1.29, 1.82) is 0 Å². The summed E-state index contributed by atoms with van der Waals surface area (Å²) >= 11 is 4.96. The zero-order valence-corrected chi connectivity index (χ0v) is 25.5. The van der Waals surface area contributed by atoms with Crippen LogP contribution in [0.2, 0.25) is 5.02 Å². The Morgan fingerprint density at radius 3 is 2.53 bits per heavy atom. The zero-order chi connectivity index (χ0) is 30.5. The summed E-state index contributed by atoms with van der Waals surface area (Å²) in [5.74, 6) is -1.89. The quantitative estimate of drug-likeness (QED) is 0.199. The molecule has 43 heavy (non-hydrogen) atoms. The van der Waals surface area contributed by atoms with Gasteiger partial charge in [-0.1, -0.05) is 66.9 Å². The molecular weight excluding hydrogens is 590 g/mol. The number of carbonyl (C=O) groups is 3. The lowest BCUT2D eigenvalue weighted by Gasteiger charge is -2.48. The van der Waals surface area contributed by atoms with Crippen molar-refractivity contribution in [2.45, 2.75) is 56.3 Å². The molecular formula is C32H34ClN3O6S. The van der Waals surface area contributed by atoms with Crippen LogP contribution in [-0.4, -0.2) is 52.7 Å². The summed E-state index contributed by atoms with van der Waals surface area (Å²) in [4.78, 5) is 47.8. The highest BCUT2D eigenvalue weighted by molar-refractivity contribution is 7.88. The van der Waals surface area contributed by atoms with Crippen molar-refractivity contribution < 1.29 is 28.5 Å². The minimum atomic E-state index is -1.28. The minimum Gasteiger partial charge on any atom is -0.598 e. The van der Waals surface area contributed by atoms with E-state index >= 15 is 0 Å². The summed E-state index contributed by atoms with van der Waals surface area (Å²) in [6.07, 6.45) is 4.90. The third kappa shape index (κ3) is 6.89. The summed E-state index contributed by atoms with van der Waals surface area (Å²) < 4.78 is 20.2. The van der Waals surface area contributed by atoms with E-state index in [1.54, 1.807) is 65.8 Å². The number of halogens is 1. The van der Waals surface area contributed by atoms with Gasteiger partial charge in [0, 0.05) is 21.9 Å². The van der Waals surface area contributed by atoms with Gasteiger partial charge in [-0.25, -0.2) is 10.3 Å². The number of nitrogens with one attached hydrogen (secondary N) is 2. The van der Waals surface area contributed by atoms with E-state index in [0.29, 0.717) is 33.7 Å². The summed E-state index contributed by atoms with van der Waals surface area (Å²) in [7, 11) is 1.31. The molecule has 3 aromatic rings. The van der Waals surface area contributed by atoms with Gasteiger partial charge < -0.3 is 14.2 Å². The lowest BCUT2D eigenvalue weighted by Crippen LogP contribution is -2.59. The van der Waals surface area contributed by atoms with Crippen molar-refractivity contribution in [2.75, 3.05) is 13.4 Å². The number of hydroxylamine groups is 1. The molecule has 1 unspecified atom stereocenters. The predicted molar refractivity (Wildman–Crippen MR) is 164 cm³/mol. The number of benzene rings is 3. The summed E-state index contributed by atoms with van der Waals surface area (Å²) in [5.41, 5.74) is 5.44. The maximum atomic E-state index is 14.3. The van der Waals surface area contributed by atoms with Gasteiger partial charge in [0.1, 0.15) is 6.26 Å². The van der Waals surface area contributed by atoms with E-state index in [4.69, 9.17) is 21.2 Å². The topological polar surface area (TPSA) is 120 Å². The van der Waals surface area contributed by atoms with Crippen molar-refractivity contribution in [2.24, 2.45) is 0 Å². The molecule has 2 N–H and O–H groups in total. The van der Waals surface area contributed by atoms with Crippen molar-refractivity contribution >= 4 is 40.7 Å². The Hall–Kier alpha value is -3.41. The highest BCUT2D eigenvalue weighted by Gasteiger charge is 2.49. The molecule has 0 aromatic heterocycles. The van der Waals surface area contributed by atoms with Gasteiger partial charge in [-0.3, -0.25) is 14.4 Å². The maximum Gasteiger partial charge on any atom is 0.337 e. The first-order valence-electron chi connectivity index (χ1n) is 14.1. The molecule has 1 aliphatic carbocycles. The number of ether oxygens (including phenoxy) is 1. The molecule has 0 saturated heterocycles. The first-order valence-corrected chi connectivity index (χ1v) is 16.1. The molecule has 0 radical (unpaired) electrons. The SMILES string of the molecule is COC(=O)c1cccc(CONC(=O)[C@@H]2c3ccccc3C(=O)N([C@@H]3CCCC[C@H]3N[S+](C)[O-])[C@H]2c2ccc(Cl)cc2)c1. The molecule has 1 saturated carbocycles. The fourth-order valence-electron chi connectivity index (χ4n) is 6.17. The number of hydrogen-bond acceptors (Lipinski definition) is 7. The van der Waals surface area contributed by atoms with Gasteiger partial charge in [0.25, 0.3) is 11.8 Å². The molecule has 5 rings (SSSR count). The van der Waals surface area contributed by atoms with Crippen LogP contribution in [0.15, 0.2) is 72.8 Å². The lowest BCUT2D eigenvalue weighted by atomic mass is 9.76. The predicted octanol–water partition coefficient (Wildman–Crippen LogP) is 4.85. The molecule has 5 atom stereocenters. The highest BCUT2D eigenvalue weighted by Crippen LogP contribution is 2.46. The van der Waals surface area contributed by atoms with Gasteiger partial charge in [-0.05, 0) is 59.9 Å². The Kier molecular flexibility index (Phi) is 10.0. The molecule has 226 valence electrons. The van der Waals surface area contributed by atoms with E-state index in [1.165, 1.54) is 7.11 Å². The fourth-order valence-corrected chi connectivity index (χ4v) is 7.00. The van der Waals surface area contributed by atoms with E-state index in [-0.39, 0.29) is 24.6 Å². The Balaban J connectivity index is 1.50. The number of methoxy groups -OCH3 is 1. The number of hydrogen-bond donors (Lipinski definition) is 2. The van der Waals surface area contributed by atoms with E-state index < -0.39 is 35.2 Å². The lowest BCUT2D eigenvalue weighted by molar-refractivity contribution is -0.138. The smallest absolute Gasteiger partial charge is 0.337 e. The Morgan fingerprint density at radius 2 is 1.79 bits per heavy atom.